The van der Waals surface area contributed by atoms with E-state index < -0.39 is 5.60 Å². The second-order valence-corrected chi connectivity index (χ2v) is 4.61. The molecule has 1 aliphatic rings. The lowest BCUT2D eigenvalue weighted by Gasteiger charge is -2.32. The van der Waals surface area contributed by atoms with E-state index in [4.69, 9.17) is 5.73 Å². The average molecular weight is 213 g/mol. The van der Waals surface area contributed by atoms with Crippen molar-refractivity contribution in [2.24, 2.45) is 5.73 Å². The summed E-state index contributed by atoms with van der Waals surface area (Å²) < 4.78 is 12.9. The van der Waals surface area contributed by atoms with Crippen LogP contribution in [-0.2, 0) is 5.60 Å². The van der Waals surface area contributed by atoms with E-state index in [0.29, 0.717) is 6.42 Å². The zero-order valence-electron chi connectivity index (χ0n) is 7.66. The van der Waals surface area contributed by atoms with Crippen molar-refractivity contribution in [1.29, 1.82) is 0 Å². The predicted octanol–water partition coefficient (Wildman–Crippen LogP) is 1.47. The summed E-state index contributed by atoms with van der Waals surface area (Å²) in [5, 5.41) is 10.2. The van der Waals surface area contributed by atoms with Crippen LogP contribution in [-0.4, -0.2) is 17.4 Å². The highest BCUT2D eigenvalue weighted by Gasteiger charge is 2.33. The Bertz CT molecular complexity index is 358. The molecule has 0 aromatic heterocycles. The molecule has 76 valence electrons. The van der Waals surface area contributed by atoms with Crippen molar-refractivity contribution in [3.63, 3.8) is 0 Å². The minimum absolute atomic E-state index is 0.187. The average Bonchev–Trinajstić information content (AvgIpc) is 2.18. The number of fused-ring (bicyclic) bond motifs is 1. The van der Waals surface area contributed by atoms with Crippen molar-refractivity contribution in [1.82, 2.24) is 0 Å². The Morgan fingerprint density at radius 3 is 3.07 bits per heavy atom. The van der Waals surface area contributed by atoms with Gasteiger partial charge >= 0.3 is 0 Å². The molecule has 1 heterocycles. The van der Waals surface area contributed by atoms with Crippen molar-refractivity contribution < 1.29 is 9.50 Å². The number of nitrogens with two attached hydrogens (primary N) is 1. The molecule has 0 saturated carbocycles. The summed E-state index contributed by atoms with van der Waals surface area (Å²) >= 11 is 1.56. The van der Waals surface area contributed by atoms with Crippen LogP contribution in [0.2, 0.25) is 0 Å². The Morgan fingerprint density at radius 2 is 2.36 bits per heavy atom. The van der Waals surface area contributed by atoms with E-state index in [2.05, 4.69) is 0 Å². The molecule has 1 aromatic rings. The number of benzene rings is 1. The van der Waals surface area contributed by atoms with E-state index >= 15 is 0 Å². The van der Waals surface area contributed by atoms with Gasteiger partial charge in [0, 0.05) is 17.2 Å². The van der Waals surface area contributed by atoms with Crippen molar-refractivity contribution >= 4 is 11.8 Å². The molecular formula is C10H12FNOS. The lowest BCUT2D eigenvalue weighted by atomic mass is 9.91. The van der Waals surface area contributed by atoms with Gasteiger partial charge in [-0.3, -0.25) is 0 Å². The number of hydrogen-bond donors (Lipinski definition) is 2. The third kappa shape index (κ3) is 1.54. The van der Waals surface area contributed by atoms with Crippen LogP contribution in [0.5, 0.6) is 0 Å². The second kappa shape index (κ2) is 3.53. The first-order valence-electron chi connectivity index (χ1n) is 4.51. The molecule has 2 rings (SSSR count). The number of aliphatic hydroxyl groups is 1. The van der Waals surface area contributed by atoms with Gasteiger partial charge in [-0.25, -0.2) is 4.39 Å². The van der Waals surface area contributed by atoms with Crippen molar-refractivity contribution in [2.45, 2.75) is 16.9 Å². The molecule has 0 aliphatic carbocycles. The fourth-order valence-corrected chi connectivity index (χ4v) is 2.95. The minimum atomic E-state index is -0.964. The van der Waals surface area contributed by atoms with Gasteiger partial charge in [-0.15, -0.1) is 11.8 Å². The van der Waals surface area contributed by atoms with E-state index in [1.54, 1.807) is 17.8 Å². The first kappa shape index (κ1) is 9.96. The highest BCUT2D eigenvalue weighted by atomic mass is 32.2. The first-order chi connectivity index (χ1) is 6.65. The summed E-state index contributed by atoms with van der Waals surface area (Å²) in [5.74, 6) is 0.516. The van der Waals surface area contributed by atoms with Gasteiger partial charge in [0.1, 0.15) is 11.4 Å². The Kier molecular flexibility index (Phi) is 2.51. The molecule has 0 radical (unpaired) electrons. The highest BCUT2D eigenvalue weighted by Crippen LogP contribution is 2.39. The topological polar surface area (TPSA) is 46.2 Å². The fourth-order valence-electron chi connectivity index (χ4n) is 1.68. The smallest absolute Gasteiger partial charge is 0.124 e. The summed E-state index contributed by atoms with van der Waals surface area (Å²) in [4.78, 5) is 0.809. The van der Waals surface area contributed by atoms with Crippen LogP contribution in [0.3, 0.4) is 0 Å². The summed E-state index contributed by atoms with van der Waals surface area (Å²) in [6.07, 6.45) is 0.632. The first-order valence-corrected chi connectivity index (χ1v) is 5.49. The largest absolute Gasteiger partial charge is 0.384 e. The maximum Gasteiger partial charge on any atom is 0.124 e. The molecule has 1 unspecified atom stereocenters. The van der Waals surface area contributed by atoms with Gasteiger partial charge in [-0.2, -0.15) is 0 Å². The van der Waals surface area contributed by atoms with Crippen molar-refractivity contribution in [3.8, 4) is 0 Å². The van der Waals surface area contributed by atoms with Gasteiger partial charge in [0.25, 0.3) is 0 Å². The fraction of sp³-hybridized carbons (Fsp3) is 0.400. The van der Waals surface area contributed by atoms with Crippen LogP contribution in [0, 0.1) is 5.82 Å². The van der Waals surface area contributed by atoms with E-state index in [9.17, 15) is 9.50 Å². The zero-order chi connectivity index (χ0) is 10.2. The molecule has 0 spiro atoms. The SMILES string of the molecule is NCC1(O)CCSc2cc(F)ccc21. The van der Waals surface area contributed by atoms with Crippen molar-refractivity contribution in [3.05, 3.63) is 29.6 Å². The molecule has 2 nitrogen and oxygen atoms in total. The molecule has 3 N–H and O–H groups in total. The van der Waals surface area contributed by atoms with Gasteiger partial charge in [-0.1, -0.05) is 6.07 Å². The van der Waals surface area contributed by atoms with Crippen LogP contribution in [0.15, 0.2) is 23.1 Å². The normalized spacial score (nSPS) is 25.9. The van der Waals surface area contributed by atoms with Gasteiger partial charge < -0.3 is 10.8 Å². The van der Waals surface area contributed by atoms with E-state index in [1.165, 1.54) is 12.1 Å². The van der Waals surface area contributed by atoms with Gasteiger partial charge in [0.15, 0.2) is 0 Å². The monoisotopic (exact) mass is 213 g/mol. The van der Waals surface area contributed by atoms with Crippen molar-refractivity contribution in [2.75, 3.05) is 12.3 Å². The number of rotatable bonds is 1. The van der Waals surface area contributed by atoms with Crippen LogP contribution in [0.25, 0.3) is 0 Å². The quantitative estimate of drug-likeness (QED) is 0.742. The van der Waals surface area contributed by atoms with Gasteiger partial charge in [-0.05, 0) is 24.1 Å². The maximum atomic E-state index is 12.9. The molecule has 14 heavy (non-hydrogen) atoms. The molecule has 4 heteroatoms. The lowest BCUT2D eigenvalue weighted by molar-refractivity contribution is 0.0385. The Hall–Kier alpha value is -0.580. The molecule has 1 atom stereocenters. The Balaban J connectivity index is 2.50. The van der Waals surface area contributed by atoms with E-state index in [-0.39, 0.29) is 12.4 Å². The number of thioether (sulfide) groups is 1. The summed E-state index contributed by atoms with van der Waals surface area (Å²) in [6, 6.07) is 4.45. The van der Waals surface area contributed by atoms with Crippen LogP contribution in [0.1, 0.15) is 12.0 Å². The molecule has 0 bridgehead atoms. The van der Waals surface area contributed by atoms with Crippen LogP contribution >= 0.6 is 11.8 Å². The predicted molar refractivity (Wildman–Crippen MR) is 54.7 cm³/mol. The van der Waals surface area contributed by atoms with Crippen LogP contribution in [0.4, 0.5) is 4.39 Å². The summed E-state index contributed by atoms with van der Waals surface area (Å²) in [6.45, 7) is 0.187. The van der Waals surface area contributed by atoms with E-state index in [0.717, 1.165) is 16.2 Å². The Labute approximate surface area is 86.3 Å². The minimum Gasteiger partial charge on any atom is -0.384 e. The van der Waals surface area contributed by atoms with Gasteiger partial charge in [0.05, 0.1) is 0 Å². The molecular weight excluding hydrogens is 201 g/mol. The summed E-state index contributed by atoms with van der Waals surface area (Å²) in [7, 11) is 0. The van der Waals surface area contributed by atoms with E-state index in [1.807, 2.05) is 0 Å². The number of halogens is 1. The standard InChI is InChI=1S/C10H12FNOS/c11-7-1-2-8-9(5-7)14-4-3-10(8,13)6-12/h1-2,5,13H,3-4,6,12H2. The molecule has 0 saturated heterocycles. The third-order valence-electron chi connectivity index (χ3n) is 2.56. The highest BCUT2D eigenvalue weighted by molar-refractivity contribution is 7.99. The maximum absolute atomic E-state index is 12.9. The molecule has 1 aromatic carbocycles. The molecule has 1 aliphatic heterocycles. The lowest BCUT2D eigenvalue weighted by Crippen LogP contribution is -2.37. The molecule has 0 amide bonds. The summed E-state index contributed by atoms with van der Waals surface area (Å²) in [5.41, 5.74) is 5.34. The third-order valence-corrected chi connectivity index (χ3v) is 3.61. The molecule has 0 fully saturated rings. The second-order valence-electron chi connectivity index (χ2n) is 3.47. The van der Waals surface area contributed by atoms with Gasteiger partial charge in [0.2, 0.25) is 0 Å². The zero-order valence-corrected chi connectivity index (χ0v) is 8.48. The van der Waals surface area contributed by atoms with Crippen LogP contribution < -0.4 is 5.73 Å². The Morgan fingerprint density at radius 1 is 1.57 bits per heavy atom. The number of hydrogen-bond acceptors (Lipinski definition) is 3.